The highest BCUT2D eigenvalue weighted by Gasteiger charge is 2.55. The number of aliphatic hydroxyl groups is 3. The van der Waals surface area contributed by atoms with Crippen LogP contribution in [0.3, 0.4) is 0 Å². The molecule has 1 aliphatic rings. The summed E-state index contributed by atoms with van der Waals surface area (Å²) in [6, 6.07) is 3.54. The fourth-order valence-corrected chi connectivity index (χ4v) is 4.42. The molecule has 0 bridgehead atoms. The van der Waals surface area contributed by atoms with Gasteiger partial charge in [0, 0.05) is 18.9 Å². The molecule has 5 N–H and O–H groups in total. The first-order valence-electron chi connectivity index (χ1n) is 10.1. The van der Waals surface area contributed by atoms with E-state index in [9.17, 15) is 20.1 Å². The summed E-state index contributed by atoms with van der Waals surface area (Å²) in [6.07, 6.45) is 3.47. The highest BCUT2D eigenvalue weighted by molar-refractivity contribution is 9.09. The van der Waals surface area contributed by atoms with E-state index in [2.05, 4.69) is 30.9 Å². The van der Waals surface area contributed by atoms with Crippen LogP contribution in [-0.4, -0.2) is 70.9 Å². The average Bonchev–Trinajstić information content (AvgIpc) is 3.35. The summed E-state index contributed by atoms with van der Waals surface area (Å²) in [5.41, 5.74) is 5.75. The van der Waals surface area contributed by atoms with Crippen molar-refractivity contribution >= 4 is 38.7 Å². The summed E-state index contributed by atoms with van der Waals surface area (Å²) < 4.78 is 9.45. The fourth-order valence-electron chi connectivity index (χ4n) is 4.09. The van der Waals surface area contributed by atoms with Crippen LogP contribution in [0.1, 0.15) is 23.2 Å². The smallest absolute Gasteiger partial charge is 0.179 e. The summed E-state index contributed by atoms with van der Waals surface area (Å²) in [6.45, 7) is 0.0556. The lowest BCUT2D eigenvalue weighted by atomic mass is 9.97. The fraction of sp³-hybridized carbons (Fsp3) is 0.450. The van der Waals surface area contributed by atoms with Crippen molar-refractivity contribution in [1.29, 1.82) is 0 Å². The van der Waals surface area contributed by atoms with Crippen LogP contribution >= 0.6 is 15.9 Å². The van der Waals surface area contributed by atoms with Crippen molar-refractivity contribution in [2.75, 3.05) is 17.7 Å². The second kappa shape index (κ2) is 9.16. The van der Waals surface area contributed by atoms with Crippen molar-refractivity contribution in [2.45, 2.75) is 43.4 Å². The van der Waals surface area contributed by atoms with Gasteiger partial charge >= 0.3 is 0 Å². The van der Waals surface area contributed by atoms with Crippen molar-refractivity contribution in [2.24, 2.45) is 0 Å². The van der Waals surface area contributed by atoms with Gasteiger partial charge in [-0.05, 0) is 6.07 Å². The molecule has 11 nitrogen and oxygen atoms in total. The van der Waals surface area contributed by atoms with E-state index in [-0.39, 0.29) is 23.4 Å². The van der Waals surface area contributed by atoms with E-state index < -0.39 is 30.6 Å². The third-order valence-corrected chi connectivity index (χ3v) is 6.23. The van der Waals surface area contributed by atoms with E-state index in [1.54, 1.807) is 22.9 Å². The van der Waals surface area contributed by atoms with Gasteiger partial charge in [-0.25, -0.2) is 19.5 Å². The molecule has 0 spiro atoms. The van der Waals surface area contributed by atoms with E-state index in [4.69, 9.17) is 10.5 Å². The zero-order valence-corrected chi connectivity index (χ0v) is 18.7. The number of alkyl halides is 1. The number of nitrogen functional groups attached to an aromatic ring is 1. The molecular weight excluding hydrogens is 484 g/mol. The van der Waals surface area contributed by atoms with Gasteiger partial charge < -0.3 is 25.8 Å². The van der Waals surface area contributed by atoms with Gasteiger partial charge in [-0.2, -0.15) is 0 Å². The maximum absolute atomic E-state index is 12.0. The van der Waals surface area contributed by atoms with Crippen LogP contribution in [0.5, 0.6) is 0 Å². The van der Waals surface area contributed by atoms with Gasteiger partial charge in [0.15, 0.2) is 35.4 Å². The maximum Gasteiger partial charge on any atom is 0.179 e. The number of anilines is 1. The van der Waals surface area contributed by atoms with Crippen molar-refractivity contribution in [1.82, 2.24) is 19.5 Å². The summed E-state index contributed by atoms with van der Waals surface area (Å²) >= 11 is 3.18. The lowest BCUT2D eigenvalue weighted by molar-refractivity contribution is -0.697. The molecule has 4 atom stereocenters. The van der Waals surface area contributed by atoms with E-state index in [1.165, 1.54) is 12.7 Å². The Hall–Kier alpha value is -2.51. The number of carbonyl (C=O) groups is 1. The van der Waals surface area contributed by atoms with Crippen molar-refractivity contribution in [3.8, 4) is 0 Å². The molecule has 3 aromatic heterocycles. The molecule has 170 valence electrons. The quantitative estimate of drug-likeness (QED) is 0.179. The molecule has 1 saturated heterocycles. The van der Waals surface area contributed by atoms with E-state index >= 15 is 0 Å². The Bertz CT molecular complexity index is 1130. The molecule has 0 unspecified atom stereocenters. The lowest BCUT2D eigenvalue weighted by Crippen LogP contribution is -2.46. The normalized spacial score (nSPS) is 25.4. The number of ether oxygens (including phenoxy) is 1. The van der Waals surface area contributed by atoms with Gasteiger partial charge in [0.05, 0.1) is 23.8 Å². The lowest BCUT2D eigenvalue weighted by Gasteiger charge is -2.33. The van der Waals surface area contributed by atoms with Crippen LogP contribution in [0.4, 0.5) is 5.82 Å². The molecule has 1 fully saturated rings. The second-order valence-corrected chi connectivity index (χ2v) is 8.22. The Morgan fingerprint density at radius 1 is 1.34 bits per heavy atom. The Morgan fingerprint density at radius 2 is 2.16 bits per heavy atom. The van der Waals surface area contributed by atoms with Gasteiger partial charge in [0.2, 0.25) is 0 Å². The largest absolute Gasteiger partial charge is 0.394 e. The standard InChI is InChI=1S/C20H24BrN6O5/c21-7-13(29)12-3-1-5-26(8-12)6-2-4-20(17(31)16(30)14(9-28)32-20)27-11-25-15-18(22)23-10-24-19(15)27/h1,3,5,8,10-11,14,16-17,28,30-31H,2,4,6-7,9H2,(H2,22,23,24)/q+1/t14-,16-,17-,20-/m1/s1. The minimum Gasteiger partial charge on any atom is -0.394 e. The van der Waals surface area contributed by atoms with E-state index in [1.807, 2.05) is 10.8 Å². The van der Waals surface area contributed by atoms with Gasteiger partial charge in [-0.1, -0.05) is 15.9 Å². The number of imidazole rings is 1. The molecule has 0 amide bonds. The minimum atomic E-state index is -1.42. The first-order chi connectivity index (χ1) is 15.4. The number of aromatic nitrogens is 5. The zero-order chi connectivity index (χ0) is 22.9. The number of aryl methyl sites for hydroxylation is 1. The van der Waals surface area contributed by atoms with E-state index in [0.717, 1.165) is 0 Å². The molecule has 0 aromatic carbocycles. The zero-order valence-electron chi connectivity index (χ0n) is 17.1. The minimum absolute atomic E-state index is 0.0264. The van der Waals surface area contributed by atoms with Gasteiger partial charge in [-0.15, -0.1) is 0 Å². The summed E-state index contributed by atoms with van der Waals surface area (Å²) in [5, 5.41) is 31.4. The van der Waals surface area contributed by atoms with Crippen LogP contribution in [0.2, 0.25) is 0 Å². The summed E-state index contributed by atoms with van der Waals surface area (Å²) in [5.74, 6) is 0.154. The number of hydrogen-bond donors (Lipinski definition) is 4. The maximum atomic E-state index is 12.0. The Kier molecular flexibility index (Phi) is 6.49. The van der Waals surface area contributed by atoms with Crippen LogP contribution in [-0.2, 0) is 17.0 Å². The molecule has 0 aliphatic carbocycles. The SMILES string of the molecule is Nc1ncnc2c1ncn2[C@]1(CCC[n+]2cccc(C(=O)CBr)c2)O[C@H](CO)[C@@H](O)[C@H]1O. The average molecular weight is 508 g/mol. The predicted octanol–water partition coefficient (Wildman–Crippen LogP) is -0.480. The third kappa shape index (κ3) is 3.88. The number of nitrogens with two attached hydrogens (primary N) is 1. The Morgan fingerprint density at radius 3 is 2.88 bits per heavy atom. The number of nitrogens with zero attached hydrogens (tertiary/aromatic N) is 5. The molecule has 12 heteroatoms. The molecule has 32 heavy (non-hydrogen) atoms. The molecule has 1 aliphatic heterocycles. The Labute approximate surface area is 191 Å². The third-order valence-electron chi connectivity index (χ3n) is 5.72. The van der Waals surface area contributed by atoms with Crippen LogP contribution < -0.4 is 10.3 Å². The molecule has 0 saturated carbocycles. The number of rotatable bonds is 8. The number of carbonyl (C=O) groups excluding carboxylic acids is 1. The topological polar surface area (TPSA) is 160 Å². The van der Waals surface area contributed by atoms with Crippen LogP contribution in [0, 0.1) is 0 Å². The van der Waals surface area contributed by atoms with Crippen LogP contribution in [0.25, 0.3) is 11.2 Å². The number of aliphatic hydroxyl groups excluding tert-OH is 3. The molecule has 0 radical (unpaired) electrons. The number of Topliss-reactive ketones (excluding diaryl/α,β-unsaturated/α-hetero) is 1. The molecule has 4 heterocycles. The number of halogens is 1. The van der Waals surface area contributed by atoms with Crippen LogP contribution in [0.15, 0.2) is 37.2 Å². The van der Waals surface area contributed by atoms with Gasteiger partial charge in [0.25, 0.3) is 0 Å². The first-order valence-corrected chi connectivity index (χ1v) is 11.2. The number of ketones is 1. The summed E-state index contributed by atoms with van der Waals surface area (Å²) in [4.78, 5) is 24.4. The van der Waals surface area contributed by atoms with Crippen molar-refractivity contribution < 1.29 is 29.4 Å². The number of fused-ring (bicyclic) bond motifs is 1. The Balaban J connectivity index is 1.64. The number of pyridine rings is 1. The van der Waals surface area contributed by atoms with Crippen molar-refractivity contribution in [3.05, 3.63) is 42.7 Å². The number of hydrogen-bond acceptors (Lipinski definition) is 9. The second-order valence-electron chi connectivity index (χ2n) is 7.66. The highest BCUT2D eigenvalue weighted by atomic mass is 79.9. The van der Waals surface area contributed by atoms with Gasteiger partial charge in [-0.3, -0.25) is 9.36 Å². The predicted molar refractivity (Wildman–Crippen MR) is 116 cm³/mol. The highest BCUT2D eigenvalue weighted by Crippen LogP contribution is 2.41. The molecule has 4 rings (SSSR count). The first kappa shape index (κ1) is 22.7. The monoisotopic (exact) mass is 507 g/mol. The van der Waals surface area contributed by atoms with Gasteiger partial charge in [0.1, 0.15) is 36.7 Å². The summed E-state index contributed by atoms with van der Waals surface area (Å²) in [7, 11) is 0. The van der Waals surface area contributed by atoms with Crippen molar-refractivity contribution in [3.63, 3.8) is 0 Å². The molecule has 3 aromatic rings. The van der Waals surface area contributed by atoms with E-state index in [0.29, 0.717) is 29.7 Å². The molecular formula is C20H24BrN6O5+.